The van der Waals surface area contributed by atoms with E-state index in [1.54, 1.807) is 24.1 Å². The molecule has 1 aromatic carbocycles. The van der Waals surface area contributed by atoms with Crippen molar-refractivity contribution in [3.8, 4) is 22.8 Å². The average molecular weight is 372 g/mol. The number of rotatable bonds is 5. The molecule has 1 fully saturated rings. The van der Waals surface area contributed by atoms with Gasteiger partial charge in [0.1, 0.15) is 18.0 Å². The Morgan fingerprint density at radius 3 is 2.33 bits per heavy atom. The van der Waals surface area contributed by atoms with E-state index < -0.39 is 0 Å². The van der Waals surface area contributed by atoms with Gasteiger partial charge in [0, 0.05) is 37.8 Å². The second-order valence-corrected chi connectivity index (χ2v) is 6.47. The summed E-state index contributed by atoms with van der Waals surface area (Å²) in [7, 11) is 5.11. The van der Waals surface area contributed by atoms with Crippen LogP contribution in [0.15, 0.2) is 35.1 Å². The summed E-state index contributed by atoms with van der Waals surface area (Å²) >= 11 is 0. The molecule has 2 aromatic rings. The average Bonchev–Trinajstić information content (AvgIpc) is 2.69. The summed E-state index contributed by atoms with van der Waals surface area (Å²) in [6.45, 7) is 2.88. The van der Waals surface area contributed by atoms with Crippen molar-refractivity contribution in [2.75, 3.05) is 47.4 Å². The Kier molecular flexibility index (Phi) is 5.75. The van der Waals surface area contributed by atoms with Gasteiger partial charge in [0.2, 0.25) is 5.91 Å². The molecule has 144 valence electrons. The van der Waals surface area contributed by atoms with Crippen molar-refractivity contribution < 1.29 is 14.3 Å². The third kappa shape index (κ3) is 4.28. The Labute approximate surface area is 157 Å². The van der Waals surface area contributed by atoms with E-state index in [0.717, 1.165) is 24.4 Å². The van der Waals surface area contributed by atoms with Gasteiger partial charge in [0.15, 0.2) is 5.75 Å². The molecule has 0 atom stereocenters. The normalized spacial score (nSPS) is 14.9. The predicted octanol–water partition coefficient (Wildman–Crippen LogP) is 0.702. The number of piperazine rings is 1. The molecule has 8 heteroatoms. The fraction of sp³-hybridized carbons (Fsp3) is 0.421. The number of ether oxygens (including phenoxy) is 2. The molecule has 1 aromatic heterocycles. The van der Waals surface area contributed by atoms with Crippen LogP contribution < -0.4 is 15.0 Å². The third-order valence-electron chi connectivity index (χ3n) is 4.69. The van der Waals surface area contributed by atoms with E-state index in [2.05, 4.69) is 10.00 Å². The Balaban J connectivity index is 1.87. The second-order valence-electron chi connectivity index (χ2n) is 6.47. The van der Waals surface area contributed by atoms with Gasteiger partial charge < -0.3 is 19.3 Å². The predicted molar refractivity (Wildman–Crippen MR) is 101 cm³/mol. The maximum atomic E-state index is 12.6. The van der Waals surface area contributed by atoms with Crippen LogP contribution in [-0.2, 0) is 11.3 Å². The zero-order valence-corrected chi connectivity index (χ0v) is 15.8. The number of nitrogens with zero attached hydrogens (tertiary/aromatic N) is 4. The van der Waals surface area contributed by atoms with E-state index in [4.69, 9.17) is 9.47 Å². The maximum absolute atomic E-state index is 12.6. The number of likely N-dealkylation sites (N-methyl/N-ethyl adjacent to an activating group) is 1. The molecule has 1 aliphatic heterocycles. The van der Waals surface area contributed by atoms with E-state index in [0.29, 0.717) is 24.5 Å². The summed E-state index contributed by atoms with van der Waals surface area (Å²) in [5, 5.41) is 4.40. The Morgan fingerprint density at radius 2 is 1.74 bits per heavy atom. The van der Waals surface area contributed by atoms with Crippen molar-refractivity contribution in [3.05, 3.63) is 40.7 Å². The molecule has 0 radical (unpaired) electrons. The molecule has 1 aliphatic rings. The van der Waals surface area contributed by atoms with Crippen molar-refractivity contribution >= 4 is 5.91 Å². The van der Waals surface area contributed by atoms with Crippen molar-refractivity contribution in [1.29, 1.82) is 0 Å². The van der Waals surface area contributed by atoms with Gasteiger partial charge in [0.05, 0.1) is 14.2 Å². The van der Waals surface area contributed by atoms with Crippen LogP contribution in [0.2, 0.25) is 0 Å². The Bertz CT molecular complexity index is 855. The van der Waals surface area contributed by atoms with Gasteiger partial charge in [0.25, 0.3) is 5.56 Å². The highest BCUT2D eigenvalue weighted by atomic mass is 16.5. The van der Waals surface area contributed by atoms with Gasteiger partial charge in [-0.1, -0.05) is 0 Å². The quantitative estimate of drug-likeness (QED) is 0.769. The standard InChI is InChI=1S/C19H24N4O4/c1-21-8-10-22(11-9-21)18(25)13-23-17(24)12-16(27-3)19(20-23)14-4-6-15(26-2)7-5-14/h4-7,12H,8-11,13H2,1-3H3. The molecule has 0 unspecified atom stereocenters. The Morgan fingerprint density at radius 1 is 1.07 bits per heavy atom. The number of methoxy groups -OCH3 is 2. The molecule has 1 saturated heterocycles. The SMILES string of the molecule is COc1ccc(-c2nn(CC(=O)N3CCN(C)CC3)c(=O)cc2OC)cc1. The molecular weight excluding hydrogens is 348 g/mol. The van der Waals surface area contributed by atoms with E-state index in [1.165, 1.54) is 17.9 Å². The number of carbonyl (C=O) groups is 1. The van der Waals surface area contributed by atoms with Crippen LogP contribution in [0.5, 0.6) is 11.5 Å². The fourth-order valence-corrected chi connectivity index (χ4v) is 2.98. The zero-order valence-electron chi connectivity index (χ0n) is 15.8. The summed E-state index contributed by atoms with van der Waals surface area (Å²) in [6, 6.07) is 8.65. The molecule has 0 saturated carbocycles. The summed E-state index contributed by atoms with van der Waals surface area (Å²) < 4.78 is 11.7. The second kappa shape index (κ2) is 8.22. The minimum absolute atomic E-state index is 0.0876. The third-order valence-corrected chi connectivity index (χ3v) is 4.69. The van der Waals surface area contributed by atoms with Gasteiger partial charge in [-0.15, -0.1) is 0 Å². The molecule has 27 heavy (non-hydrogen) atoms. The lowest BCUT2D eigenvalue weighted by Gasteiger charge is -2.32. The lowest BCUT2D eigenvalue weighted by molar-refractivity contribution is -0.133. The highest BCUT2D eigenvalue weighted by Gasteiger charge is 2.21. The van der Waals surface area contributed by atoms with Crippen molar-refractivity contribution in [2.24, 2.45) is 0 Å². The molecule has 0 N–H and O–H groups in total. The Hall–Kier alpha value is -2.87. The molecule has 2 heterocycles. The molecule has 8 nitrogen and oxygen atoms in total. The van der Waals surface area contributed by atoms with Crippen LogP contribution in [0.3, 0.4) is 0 Å². The number of aromatic nitrogens is 2. The monoisotopic (exact) mass is 372 g/mol. The highest BCUT2D eigenvalue weighted by Crippen LogP contribution is 2.27. The van der Waals surface area contributed by atoms with Gasteiger partial charge >= 0.3 is 0 Å². The van der Waals surface area contributed by atoms with Crippen LogP contribution in [0.4, 0.5) is 0 Å². The smallest absolute Gasteiger partial charge is 0.270 e. The first kappa shape index (κ1) is 18.9. The largest absolute Gasteiger partial charge is 0.497 e. The first-order chi connectivity index (χ1) is 13.0. The molecule has 0 bridgehead atoms. The minimum Gasteiger partial charge on any atom is -0.497 e. The fourth-order valence-electron chi connectivity index (χ4n) is 2.98. The first-order valence-electron chi connectivity index (χ1n) is 8.78. The van der Waals surface area contributed by atoms with E-state index in [-0.39, 0.29) is 18.0 Å². The minimum atomic E-state index is -0.369. The molecule has 0 aliphatic carbocycles. The summed E-state index contributed by atoms with van der Waals surface area (Å²) in [5.74, 6) is 0.980. The molecule has 0 spiro atoms. The number of hydrogen-bond acceptors (Lipinski definition) is 6. The van der Waals surface area contributed by atoms with Crippen LogP contribution in [0.1, 0.15) is 0 Å². The van der Waals surface area contributed by atoms with Crippen LogP contribution in [0.25, 0.3) is 11.3 Å². The lowest BCUT2D eigenvalue weighted by atomic mass is 10.1. The van der Waals surface area contributed by atoms with Gasteiger partial charge in [-0.3, -0.25) is 9.59 Å². The molecule has 1 amide bonds. The van der Waals surface area contributed by atoms with Crippen molar-refractivity contribution in [3.63, 3.8) is 0 Å². The van der Waals surface area contributed by atoms with Gasteiger partial charge in [-0.2, -0.15) is 5.10 Å². The summed E-state index contributed by atoms with van der Waals surface area (Å²) in [5.41, 5.74) is 0.908. The number of amides is 1. The number of hydrogen-bond donors (Lipinski definition) is 0. The zero-order chi connectivity index (χ0) is 19.4. The first-order valence-corrected chi connectivity index (χ1v) is 8.78. The summed E-state index contributed by atoms with van der Waals surface area (Å²) in [6.07, 6.45) is 0. The van der Waals surface area contributed by atoms with Crippen LogP contribution in [-0.4, -0.2) is 72.9 Å². The van der Waals surface area contributed by atoms with Crippen molar-refractivity contribution in [2.45, 2.75) is 6.54 Å². The number of carbonyl (C=O) groups excluding carboxylic acids is 1. The summed E-state index contributed by atoms with van der Waals surface area (Å²) in [4.78, 5) is 28.9. The van der Waals surface area contributed by atoms with Crippen LogP contribution in [0, 0.1) is 0 Å². The lowest BCUT2D eigenvalue weighted by Crippen LogP contribution is -2.48. The van der Waals surface area contributed by atoms with Crippen molar-refractivity contribution in [1.82, 2.24) is 19.6 Å². The maximum Gasteiger partial charge on any atom is 0.270 e. The molecule has 3 rings (SSSR count). The van der Waals surface area contributed by atoms with E-state index in [1.807, 2.05) is 19.2 Å². The highest BCUT2D eigenvalue weighted by molar-refractivity contribution is 5.76. The topological polar surface area (TPSA) is 76.9 Å². The van der Waals surface area contributed by atoms with Gasteiger partial charge in [-0.05, 0) is 31.3 Å². The molecular formula is C19H24N4O4. The number of benzene rings is 1. The van der Waals surface area contributed by atoms with E-state index >= 15 is 0 Å². The van der Waals surface area contributed by atoms with E-state index in [9.17, 15) is 9.59 Å². The van der Waals surface area contributed by atoms with Gasteiger partial charge in [-0.25, -0.2) is 4.68 Å². The van der Waals surface area contributed by atoms with Crippen LogP contribution >= 0.6 is 0 Å².